The summed E-state index contributed by atoms with van der Waals surface area (Å²) in [6.45, 7) is 0. The second kappa shape index (κ2) is 5.83. The molecule has 1 aliphatic rings. The SMILES string of the molecule is COC(=O)c1ccc(NC(=O)C2(c3ccccc3F)CC2)cc1. The average Bonchev–Trinajstić information content (AvgIpc) is 3.37. The summed E-state index contributed by atoms with van der Waals surface area (Å²) in [6.07, 6.45) is 1.25. The zero-order chi connectivity index (χ0) is 16.4. The number of esters is 1. The third-order valence-corrected chi connectivity index (χ3v) is 4.14. The molecule has 4 nitrogen and oxygen atoms in total. The Bertz CT molecular complexity index is 751. The lowest BCUT2D eigenvalue weighted by Gasteiger charge is -2.16. The number of hydrogen-bond acceptors (Lipinski definition) is 3. The van der Waals surface area contributed by atoms with Crippen molar-refractivity contribution in [1.82, 2.24) is 0 Å². The number of methoxy groups -OCH3 is 1. The summed E-state index contributed by atoms with van der Waals surface area (Å²) < 4.78 is 18.6. The van der Waals surface area contributed by atoms with Crippen LogP contribution in [-0.4, -0.2) is 19.0 Å². The van der Waals surface area contributed by atoms with Crippen LogP contribution in [0.3, 0.4) is 0 Å². The second-order valence-electron chi connectivity index (χ2n) is 5.59. The minimum absolute atomic E-state index is 0.228. The Morgan fingerprint density at radius 2 is 1.74 bits per heavy atom. The first-order valence-electron chi connectivity index (χ1n) is 7.32. The smallest absolute Gasteiger partial charge is 0.337 e. The van der Waals surface area contributed by atoms with Gasteiger partial charge in [0.15, 0.2) is 0 Å². The largest absolute Gasteiger partial charge is 0.465 e. The molecule has 2 aromatic rings. The summed E-state index contributed by atoms with van der Waals surface area (Å²) in [5.41, 5.74) is 0.613. The van der Waals surface area contributed by atoms with Gasteiger partial charge < -0.3 is 10.1 Å². The van der Waals surface area contributed by atoms with E-state index in [1.54, 1.807) is 42.5 Å². The van der Waals surface area contributed by atoms with Crippen LogP contribution in [0.2, 0.25) is 0 Å². The van der Waals surface area contributed by atoms with E-state index in [2.05, 4.69) is 10.1 Å². The molecule has 1 aliphatic carbocycles. The topological polar surface area (TPSA) is 55.4 Å². The Hall–Kier alpha value is -2.69. The normalized spacial score (nSPS) is 14.9. The van der Waals surface area contributed by atoms with Gasteiger partial charge in [-0.3, -0.25) is 4.79 Å². The van der Waals surface area contributed by atoms with Crippen LogP contribution < -0.4 is 5.32 Å². The van der Waals surface area contributed by atoms with Crippen LogP contribution in [0.4, 0.5) is 10.1 Å². The van der Waals surface area contributed by atoms with E-state index in [9.17, 15) is 14.0 Å². The first-order valence-corrected chi connectivity index (χ1v) is 7.32. The zero-order valence-corrected chi connectivity index (χ0v) is 12.6. The number of nitrogens with one attached hydrogen (secondary N) is 1. The van der Waals surface area contributed by atoms with E-state index in [1.807, 2.05) is 0 Å². The number of amides is 1. The van der Waals surface area contributed by atoms with Crippen molar-refractivity contribution in [2.45, 2.75) is 18.3 Å². The maximum absolute atomic E-state index is 14.0. The third-order valence-electron chi connectivity index (χ3n) is 4.14. The Morgan fingerprint density at radius 3 is 2.30 bits per heavy atom. The van der Waals surface area contributed by atoms with Gasteiger partial charge in [0.2, 0.25) is 5.91 Å². The van der Waals surface area contributed by atoms with Gasteiger partial charge in [-0.1, -0.05) is 18.2 Å². The van der Waals surface area contributed by atoms with Crippen molar-refractivity contribution in [3.8, 4) is 0 Å². The van der Waals surface area contributed by atoms with Gasteiger partial charge in [-0.25, -0.2) is 9.18 Å². The minimum Gasteiger partial charge on any atom is -0.465 e. The van der Waals surface area contributed by atoms with Crippen molar-refractivity contribution in [3.05, 3.63) is 65.5 Å². The standard InChI is InChI=1S/C18H16FNO3/c1-23-16(21)12-6-8-13(9-7-12)20-17(22)18(10-11-18)14-4-2-3-5-15(14)19/h2-9H,10-11H2,1H3,(H,20,22). The van der Waals surface area contributed by atoms with Gasteiger partial charge in [-0.05, 0) is 43.2 Å². The van der Waals surface area contributed by atoms with Crippen molar-refractivity contribution in [3.63, 3.8) is 0 Å². The van der Waals surface area contributed by atoms with E-state index in [4.69, 9.17) is 0 Å². The van der Waals surface area contributed by atoms with Gasteiger partial charge in [0.05, 0.1) is 18.1 Å². The van der Waals surface area contributed by atoms with E-state index < -0.39 is 11.4 Å². The molecule has 0 unspecified atom stereocenters. The molecule has 1 fully saturated rings. The number of benzene rings is 2. The summed E-state index contributed by atoms with van der Waals surface area (Å²) in [7, 11) is 1.31. The first-order chi connectivity index (χ1) is 11.1. The molecule has 118 valence electrons. The van der Waals surface area contributed by atoms with Crippen molar-refractivity contribution in [1.29, 1.82) is 0 Å². The molecule has 1 N–H and O–H groups in total. The van der Waals surface area contributed by atoms with Crippen molar-refractivity contribution in [2.24, 2.45) is 0 Å². The molecule has 2 aromatic carbocycles. The first kappa shape index (κ1) is 15.2. The van der Waals surface area contributed by atoms with Crippen LogP contribution >= 0.6 is 0 Å². The fraction of sp³-hybridized carbons (Fsp3) is 0.222. The average molecular weight is 313 g/mol. The van der Waals surface area contributed by atoms with E-state index in [1.165, 1.54) is 13.2 Å². The van der Waals surface area contributed by atoms with E-state index in [0.29, 0.717) is 29.7 Å². The molecule has 0 radical (unpaired) electrons. The molecule has 0 saturated heterocycles. The number of carbonyl (C=O) groups excluding carboxylic acids is 2. The Balaban J connectivity index is 1.77. The molecule has 0 spiro atoms. The van der Waals surface area contributed by atoms with Crippen LogP contribution in [0.15, 0.2) is 48.5 Å². The summed E-state index contributed by atoms with van der Waals surface area (Å²) in [5, 5.41) is 2.80. The highest BCUT2D eigenvalue weighted by Gasteiger charge is 2.52. The third kappa shape index (κ3) is 2.82. The predicted octanol–water partition coefficient (Wildman–Crippen LogP) is 3.28. The van der Waals surface area contributed by atoms with Crippen LogP contribution in [0.25, 0.3) is 0 Å². The van der Waals surface area contributed by atoms with E-state index in [-0.39, 0.29) is 11.7 Å². The minimum atomic E-state index is -0.785. The fourth-order valence-corrected chi connectivity index (χ4v) is 2.65. The summed E-state index contributed by atoms with van der Waals surface area (Å²) >= 11 is 0. The van der Waals surface area contributed by atoms with Gasteiger partial charge in [0.1, 0.15) is 5.82 Å². The maximum atomic E-state index is 14.0. The lowest BCUT2D eigenvalue weighted by atomic mass is 9.94. The highest BCUT2D eigenvalue weighted by molar-refractivity contribution is 6.01. The Labute approximate surface area is 133 Å². The molecule has 5 heteroatoms. The molecule has 0 heterocycles. The van der Waals surface area contributed by atoms with Crippen LogP contribution in [0.1, 0.15) is 28.8 Å². The molecule has 3 rings (SSSR count). The lowest BCUT2D eigenvalue weighted by molar-refractivity contribution is -0.118. The summed E-state index contributed by atoms with van der Waals surface area (Å²) in [5.74, 6) is -1.03. The lowest BCUT2D eigenvalue weighted by Crippen LogP contribution is -2.28. The molecule has 0 aromatic heterocycles. The molecule has 1 saturated carbocycles. The number of carbonyl (C=O) groups is 2. The summed E-state index contributed by atoms with van der Waals surface area (Å²) in [4.78, 5) is 23.9. The fourth-order valence-electron chi connectivity index (χ4n) is 2.65. The highest BCUT2D eigenvalue weighted by atomic mass is 19.1. The number of ether oxygens (including phenoxy) is 1. The number of halogens is 1. The molecule has 1 amide bonds. The molecular formula is C18H16FNO3. The highest BCUT2D eigenvalue weighted by Crippen LogP contribution is 2.49. The zero-order valence-electron chi connectivity index (χ0n) is 12.6. The number of hydrogen-bond donors (Lipinski definition) is 1. The van der Waals surface area contributed by atoms with E-state index >= 15 is 0 Å². The molecule has 0 aliphatic heterocycles. The van der Waals surface area contributed by atoms with E-state index in [0.717, 1.165) is 0 Å². The maximum Gasteiger partial charge on any atom is 0.337 e. The number of anilines is 1. The van der Waals surface area contributed by atoms with Gasteiger partial charge in [-0.2, -0.15) is 0 Å². The summed E-state index contributed by atoms with van der Waals surface area (Å²) in [6, 6.07) is 12.8. The van der Waals surface area contributed by atoms with Gasteiger partial charge >= 0.3 is 5.97 Å². The molecule has 23 heavy (non-hydrogen) atoms. The Kier molecular flexibility index (Phi) is 3.86. The van der Waals surface area contributed by atoms with Crippen molar-refractivity contribution in [2.75, 3.05) is 12.4 Å². The number of rotatable bonds is 4. The van der Waals surface area contributed by atoms with Gasteiger partial charge in [-0.15, -0.1) is 0 Å². The molecule has 0 bridgehead atoms. The van der Waals surface area contributed by atoms with Gasteiger partial charge in [0, 0.05) is 11.3 Å². The second-order valence-corrected chi connectivity index (χ2v) is 5.59. The predicted molar refractivity (Wildman–Crippen MR) is 83.7 cm³/mol. The Morgan fingerprint density at radius 1 is 1.09 bits per heavy atom. The van der Waals surface area contributed by atoms with Crippen LogP contribution in [0, 0.1) is 5.82 Å². The van der Waals surface area contributed by atoms with Crippen molar-refractivity contribution >= 4 is 17.6 Å². The molecule has 0 atom stereocenters. The molecular weight excluding hydrogens is 297 g/mol. The van der Waals surface area contributed by atoms with Gasteiger partial charge in [0.25, 0.3) is 0 Å². The van der Waals surface area contributed by atoms with Crippen LogP contribution in [-0.2, 0) is 14.9 Å². The monoisotopic (exact) mass is 313 g/mol. The van der Waals surface area contributed by atoms with Crippen LogP contribution in [0.5, 0.6) is 0 Å². The van der Waals surface area contributed by atoms with Crippen molar-refractivity contribution < 1.29 is 18.7 Å². The quantitative estimate of drug-likeness (QED) is 0.881.